The summed E-state index contributed by atoms with van der Waals surface area (Å²) in [5, 5.41) is 11.1. The molecule has 194 valence electrons. The summed E-state index contributed by atoms with van der Waals surface area (Å²) >= 11 is 0. The van der Waals surface area contributed by atoms with Crippen molar-refractivity contribution in [3.8, 4) is 22.8 Å². The Labute approximate surface area is 227 Å². The van der Waals surface area contributed by atoms with Crippen LogP contribution in [-0.4, -0.2) is 22.3 Å². The van der Waals surface area contributed by atoms with Gasteiger partial charge in [0.2, 0.25) is 0 Å². The molecule has 7 heteroatoms. The van der Waals surface area contributed by atoms with Gasteiger partial charge in [0.15, 0.2) is 0 Å². The zero-order valence-corrected chi connectivity index (χ0v) is 21.5. The fourth-order valence-electron chi connectivity index (χ4n) is 3.78. The van der Waals surface area contributed by atoms with Crippen LogP contribution in [0.4, 0.5) is 0 Å². The first kappa shape index (κ1) is 25.5. The van der Waals surface area contributed by atoms with Crippen LogP contribution in [0.1, 0.15) is 32.7 Å². The van der Waals surface area contributed by atoms with Crippen LogP contribution < -0.4 is 14.9 Å². The van der Waals surface area contributed by atoms with Crippen LogP contribution in [0, 0.1) is 6.92 Å². The predicted molar refractivity (Wildman–Crippen MR) is 152 cm³/mol. The number of benzene rings is 4. The minimum Gasteiger partial charge on any atom is -0.489 e. The number of H-pyrrole nitrogens is 1. The minimum atomic E-state index is -0.383. The quantitative estimate of drug-likeness (QED) is 0.168. The molecule has 5 aromatic rings. The van der Waals surface area contributed by atoms with E-state index in [9.17, 15) is 4.79 Å². The minimum absolute atomic E-state index is 0.312. The number of hydrogen-bond acceptors (Lipinski definition) is 5. The highest BCUT2D eigenvalue weighted by Crippen LogP contribution is 2.22. The summed E-state index contributed by atoms with van der Waals surface area (Å²) in [6, 6.07) is 35.0. The second kappa shape index (κ2) is 12.4. The van der Waals surface area contributed by atoms with Gasteiger partial charge in [-0.1, -0.05) is 60.2 Å². The second-order valence-corrected chi connectivity index (χ2v) is 9.01. The summed E-state index contributed by atoms with van der Waals surface area (Å²) in [6.45, 7) is 3.06. The molecule has 0 radical (unpaired) electrons. The monoisotopic (exact) mass is 516 g/mol. The molecular formula is C32H28N4O3. The Morgan fingerprint density at radius 2 is 1.44 bits per heavy atom. The van der Waals surface area contributed by atoms with Gasteiger partial charge in [0.1, 0.15) is 30.4 Å². The first-order valence-electron chi connectivity index (χ1n) is 12.6. The number of ether oxygens (including phenoxy) is 2. The third-order valence-electron chi connectivity index (χ3n) is 6.01. The number of aromatic nitrogens is 2. The van der Waals surface area contributed by atoms with Gasteiger partial charge in [-0.25, -0.2) is 5.43 Å². The Morgan fingerprint density at radius 3 is 2.10 bits per heavy atom. The number of aromatic amines is 1. The summed E-state index contributed by atoms with van der Waals surface area (Å²) < 4.78 is 11.7. The molecule has 7 nitrogen and oxygen atoms in total. The molecule has 0 saturated carbocycles. The van der Waals surface area contributed by atoms with Crippen molar-refractivity contribution >= 4 is 12.1 Å². The zero-order chi connectivity index (χ0) is 26.9. The van der Waals surface area contributed by atoms with E-state index >= 15 is 0 Å². The van der Waals surface area contributed by atoms with E-state index in [1.807, 2.05) is 78.9 Å². The van der Waals surface area contributed by atoms with Crippen LogP contribution in [0.25, 0.3) is 11.3 Å². The smallest absolute Gasteiger partial charge is 0.289 e. The number of carbonyl (C=O) groups excluding carboxylic acids is 1. The lowest BCUT2D eigenvalue weighted by Gasteiger charge is -2.07. The molecule has 0 fully saturated rings. The number of amides is 1. The summed E-state index contributed by atoms with van der Waals surface area (Å²) in [4.78, 5) is 12.5. The van der Waals surface area contributed by atoms with Gasteiger partial charge in [0, 0.05) is 5.56 Å². The van der Waals surface area contributed by atoms with Gasteiger partial charge in [0.25, 0.3) is 5.91 Å². The van der Waals surface area contributed by atoms with Gasteiger partial charge in [0.05, 0.1) is 11.9 Å². The van der Waals surface area contributed by atoms with Crippen molar-refractivity contribution in [1.82, 2.24) is 15.6 Å². The van der Waals surface area contributed by atoms with Crippen LogP contribution in [-0.2, 0) is 13.2 Å². The summed E-state index contributed by atoms with van der Waals surface area (Å²) in [7, 11) is 0. The van der Waals surface area contributed by atoms with Crippen LogP contribution in [0.5, 0.6) is 11.5 Å². The molecule has 0 aliphatic heterocycles. The lowest BCUT2D eigenvalue weighted by atomic mass is 10.1. The van der Waals surface area contributed by atoms with Gasteiger partial charge < -0.3 is 9.47 Å². The number of rotatable bonds is 10. The van der Waals surface area contributed by atoms with Crippen LogP contribution in [0.15, 0.2) is 114 Å². The predicted octanol–water partition coefficient (Wildman–Crippen LogP) is 6.31. The van der Waals surface area contributed by atoms with Crippen LogP contribution in [0.3, 0.4) is 0 Å². The van der Waals surface area contributed by atoms with E-state index in [-0.39, 0.29) is 5.91 Å². The molecule has 1 heterocycles. The fourth-order valence-corrected chi connectivity index (χ4v) is 3.78. The first-order valence-corrected chi connectivity index (χ1v) is 12.6. The van der Waals surface area contributed by atoms with Crippen LogP contribution in [0.2, 0.25) is 0 Å². The molecule has 39 heavy (non-hydrogen) atoms. The van der Waals surface area contributed by atoms with Crippen molar-refractivity contribution in [3.63, 3.8) is 0 Å². The number of hydrogen-bond donors (Lipinski definition) is 2. The zero-order valence-electron chi connectivity index (χ0n) is 21.5. The molecule has 2 N–H and O–H groups in total. The van der Waals surface area contributed by atoms with E-state index in [0.29, 0.717) is 24.6 Å². The van der Waals surface area contributed by atoms with Gasteiger partial charge in [-0.3, -0.25) is 9.89 Å². The van der Waals surface area contributed by atoms with Crippen LogP contribution >= 0.6 is 0 Å². The van der Waals surface area contributed by atoms with E-state index in [1.54, 1.807) is 12.3 Å². The van der Waals surface area contributed by atoms with E-state index < -0.39 is 0 Å². The maximum atomic E-state index is 12.5. The number of nitrogens with one attached hydrogen (secondary N) is 2. The first-order chi connectivity index (χ1) is 19.1. The Balaban J connectivity index is 1.10. The van der Waals surface area contributed by atoms with E-state index in [4.69, 9.17) is 9.47 Å². The van der Waals surface area contributed by atoms with Crippen molar-refractivity contribution in [2.24, 2.45) is 5.10 Å². The number of nitrogens with zero attached hydrogens (tertiary/aromatic N) is 2. The molecule has 5 rings (SSSR count). The highest BCUT2D eigenvalue weighted by Gasteiger charge is 2.10. The Kier molecular flexibility index (Phi) is 8.09. The fraction of sp³-hybridized carbons (Fsp3) is 0.0938. The maximum absolute atomic E-state index is 12.5. The highest BCUT2D eigenvalue weighted by molar-refractivity contribution is 5.94. The van der Waals surface area contributed by atoms with E-state index in [0.717, 1.165) is 33.8 Å². The Morgan fingerprint density at radius 1 is 0.821 bits per heavy atom. The molecule has 4 aromatic carbocycles. The maximum Gasteiger partial charge on any atom is 0.289 e. The third-order valence-corrected chi connectivity index (χ3v) is 6.01. The SMILES string of the molecule is Cc1ccc(COc2ccc(-c3cc(C(=O)N/N=C\c4ccc(OCc5ccccc5)cc4)[nH]n3)cc2)cc1. The topological polar surface area (TPSA) is 88.6 Å². The van der Waals surface area contributed by atoms with Crippen molar-refractivity contribution < 1.29 is 14.3 Å². The number of hydrazone groups is 1. The van der Waals surface area contributed by atoms with Crippen molar-refractivity contribution in [2.75, 3.05) is 0 Å². The average molecular weight is 517 g/mol. The number of aryl methyl sites for hydroxylation is 1. The molecule has 0 aliphatic carbocycles. The Bertz CT molecular complexity index is 1530. The van der Waals surface area contributed by atoms with Crippen molar-refractivity contribution in [2.45, 2.75) is 20.1 Å². The van der Waals surface area contributed by atoms with Gasteiger partial charge in [-0.2, -0.15) is 10.2 Å². The average Bonchev–Trinajstić information content (AvgIpc) is 3.48. The van der Waals surface area contributed by atoms with Gasteiger partial charge in [-0.15, -0.1) is 0 Å². The molecule has 1 aromatic heterocycles. The molecule has 0 spiro atoms. The summed E-state index contributed by atoms with van der Waals surface area (Å²) in [5.41, 5.74) is 8.62. The molecule has 0 saturated heterocycles. The Hall–Kier alpha value is -5.17. The van der Waals surface area contributed by atoms with E-state index in [2.05, 4.69) is 51.9 Å². The molecular weight excluding hydrogens is 488 g/mol. The largest absolute Gasteiger partial charge is 0.489 e. The van der Waals surface area contributed by atoms with Gasteiger partial charge in [-0.05, 0) is 78.2 Å². The third kappa shape index (κ3) is 7.20. The van der Waals surface area contributed by atoms with E-state index in [1.165, 1.54) is 5.56 Å². The highest BCUT2D eigenvalue weighted by atomic mass is 16.5. The molecule has 0 bridgehead atoms. The normalized spacial score (nSPS) is 10.9. The lowest BCUT2D eigenvalue weighted by molar-refractivity contribution is 0.0950. The van der Waals surface area contributed by atoms with Gasteiger partial charge >= 0.3 is 0 Å². The second-order valence-electron chi connectivity index (χ2n) is 9.01. The summed E-state index contributed by atoms with van der Waals surface area (Å²) in [6.07, 6.45) is 1.57. The number of carbonyl (C=O) groups is 1. The molecule has 1 amide bonds. The van der Waals surface area contributed by atoms with Crippen molar-refractivity contribution in [3.05, 3.63) is 137 Å². The summed E-state index contributed by atoms with van der Waals surface area (Å²) in [5.74, 6) is 1.14. The lowest BCUT2D eigenvalue weighted by Crippen LogP contribution is -2.17. The van der Waals surface area contributed by atoms with Crippen molar-refractivity contribution in [1.29, 1.82) is 0 Å². The standard InChI is InChI=1S/C32H28N4O3/c1-23-7-9-26(10-8-23)22-39-29-17-13-27(14-18-29)30-19-31(35-34-30)32(37)36-33-20-24-11-15-28(16-12-24)38-21-25-5-3-2-4-6-25/h2-20H,21-22H2,1H3,(H,34,35)(H,36,37)/b33-20-. The molecule has 0 unspecified atom stereocenters. The molecule has 0 atom stereocenters. The molecule has 0 aliphatic rings.